The Kier molecular flexibility index (Phi) is 4.88. The molecular formula is C17H21N5O2. The molecule has 2 aromatic heterocycles. The summed E-state index contributed by atoms with van der Waals surface area (Å²) < 4.78 is 5.09. The van der Waals surface area contributed by atoms with E-state index in [-0.39, 0.29) is 5.91 Å². The molecule has 0 radical (unpaired) electrons. The van der Waals surface area contributed by atoms with Gasteiger partial charge in [-0.25, -0.2) is 9.97 Å². The minimum atomic E-state index is 0.0312. The Morgan fingerprint density at radius 2 is 1.88 bits per heavy atom. The molecule has 3 rings (SSSR count). The highest BCUT2D eigenvalue weighted by Gasteiger charge is 2.21. The molecule has 0 spiro atoms. The highest BCUT2D eigenvalue weighted by molar-refractivity contribution is 5.94. The third-order valence-corrected chi connectivity index (χ3v) is 4.04. The van der Waals surface area contributed by atoms with Gasteiger partial charge in [0, 0.05) is 38.6 Å². The van der Waals surface area contributed by atoms with Gasteiger partial charge in [-0.15, -0.1) is 0 Å². The fourth-order valence-electron chi connectivity index (χ4n) is 2.75. The number of carbonyl (C=O) groups is 1. The maximum Gasteiger partial charge on any atom is 0.255 e. The van der Waals surface area contributed by atoms with Gasteiger partial charge in [-0.3, -0.25) is 9.78 Å². The Morgan fingerprint density at radius 3 is 2.58 bits per heavy atom. The number of anilines is 1. The number of rotatable bonds is 3. The van der Waals surface area contributed by atoms with Crippen molar-refractivity contribution in [3.63, 3.8) is 0 Å². The van der Waals surface area contributed by atoms with Crippen LogP contribution in [0.3, 0.4) is 0 Å². The molecule has 1 saturated heterocycles. The molecule has 0 unspecified atom stereocenters. The quantitative estimate of drug-likeness (QED) is 0.851. The van der Waals surface area contributed by atoms with Gasteiger partial charge in [0.2, 0.25) is 5.95 Å². The lowest BCUT2D eigenvalue weighted by atomic mass is 10.2. The van der Waals surface area contributed by atoms with Crippen LogP contribution in [0, 0.1) is 6.92 Å². The average molecular weight is 327 g/mol. The predicted octanol–water partition coefficient (Wildman–Crippen LogP) is 1.54. The van der Waals surface area contributed by atoms with Crippen LogP contribution in [0.25, 0.3) is 0 Å². The maximum atomic E-state index is 12.7. The zero-order valence-corrected chi connectivity index (χ0v) is 14.0. The van der Waals surface area contributed by atoms with Crippen LogP contribution in [0.5, 0.6) is 5.75 Å². The molecule has 1 fully saturated rings. The predicted molar refractivity (Wildman–Crippen MR) is 90.3 cm³/mol. The van der Waals surface area contributed by atoms with Crippen molar-refractivity contribution in [3.05, 3.63) is 42.0 Å². The molecule has 7 nitrogen and oxygen atoms in total. The smallest absolute Gasteiger partial charge is 0.255 e. The lowest BCUT2D eigenvalue weighted by molar-refractivity contribution is 0.0766. The van der Waals surface area contributed by atoms with E-state index in [0.29, 0.717) is 30.4 Å². The third-order valence-electron chi connectivity index (χ3n) is 4.04. The Morgan fingerprint density at radius 1 is 1.08 bits per heavy atom. The third kappa shape index (κ3) is 3.61. The van der Waals surface area contributed by atoms with E-state index < -0.39 is 0 Å². The van der Waals surface area contributed by atoms with Crippen LogP contribution in [-0.4, -0.2) is 59.0 Å². The highest BCUT2D eigenvalue weighted by atomic mass is 16.5. The summed E-state index contributed by atoms with van der Waals surface area (Å²) in [5.41, 5.74) is 1.63. The second-order valence-electron chi connectivity index (χ2n) is 5.81. The van der Waals surface area contributed by atoms with Gasteiger partial charge in [0.25, 0.3) is 5.91 Å². The molecule has 1 aliphatic heterocycles. The first-order valence-corrected chi connectivity index (χ1v) is 7.99. The lowest BCUT2D eigenvalue weighted by Crippen LogP contribution is -2.35. The van der Waals surface area contributed by atoms with E-state index in [1.165, 1.54) is 0 Å². The molecule has 0 saturated carbocycles. The second-order valence-corrected chi connectivity index (χ2v) is 5.81. The summed E-state index contributed by atoms with van der Waals surface area (Å²) in [6.45, 7) is 4.83. The normalized spacial score (nSPS) is 15.1. The van der Waals surface area contributed by atoms with Crippen molar-refractivity contribution in [2.75, 3.05) is 38.2 Å². The van der Waals surface area contributed by atoms with Crippen molar-refractivity contribution in [3.8, 4) is 5.75 Å². The number of carbonyl (C=O) groups excluding carboxylic acids is 1. The van der Waals surface area contributed by atoms with Crippen LogP contribution < -0.4 is 9.64 Å². The molecule has 0 atom stereocenters. The Hall–Kier alpha value is -2.70. The molecule has 0 aromatic carbocycles. The fourth-order valence-corrected chi connectivity index (χ4v) is 2.75. The van der Waals surface area contributed by atoms with Crippen molar-refractivity contribution in [2.24, 2.45) is 0 Å². The van der Waals surface area contributed by atoms with Crippen LogP contribution in [-0.2, 0) is 0 Å². The SMILES string of the molecule is COc1cnc(N2CCCN(C(=O)c3cncc(C)c3)CC2)nc1. The Bertz CT molecular complexity index is 704. The molecule has 1 aliphatic rings. The summed E-state index contributed by atoms with van der Waals surface area (Å²) in [6, 6.07) is 1.88. The van der Waals surface area contributed by atoms with Crippen molar-refractivity contribution in [2.45, 2.75) is 13.3 Å². The minimum Gasteiger partial charge on any atom is -0.494 e. The molecule has 0 bridgehead atoms. The van der Waals surface area contributed by atoms with Gasteiger partial charge < -0.3 is 14.5 Å². The Labute approximate surface area is 141 Å². The van der Waals surface area contributed by atoms with Crippen molar-refractivity contribution >= 4 is 11.9 Å². The first-order chi connectivity index (χ1) is 11.7. The summed E-state index contributed by atoms with van der Waals surface area (Å²) >= 11 is 0. The number of aryl methyl sites for hydroxylation is 1. The molecular weight excluding hydrogens is 306 g/mol. The minimum absolute atomic E-state index is 0.0312. The molecule has 126 valence electrons. The van der Waals surface area contributed by atoms with Gasteiger partial charge in [-0.2, -0.15) is 0 Å². The van der Waals surface area contributed by atoms with E-state index >= 15 is 0 Å². The summed E-state index contributed by atoms with van der Waals surface area (Å²) in [7, 11) is 1.59. The van der Waals surface area contributed by atoms with Crippen LogP contribution >= 0.6 is 0 Å². The topological polar surface area (TPSA) is 71.5 Å². The monoisotopic (exact) mass is 327 g/mol. The van der Waals surface area contributed by atoms with E-state index in [1.54, 1.807) is 31.9 Å². The molecule has 0 N–H and O–H groups in total. The average Bonchev–Trinajstić information content (AvgIpc) is 2.87. The fraction of sp³-hybridized carbons (Fsp3) is 0.412. The molecule has 3 heterocycles. The van der Waals surface area contributed by atoms with Crippen LogP contribution in [0.15, 0.2) is 30.9 Å². The summed E-state index contributed by atoms with van der Waals surface area (Å²) in [5.74, 6) is 1.34. The maximum absolute atomic E-state index is 12.7. The number of amides is 1. The van der Waals surface area contributed by atoms with E-state index in [2.05, 4.69) is 19.9 Å². The first-order valence-electron chi connectivity index (χ1n) is 7.99. The van der Waals surface area contributed by atoms with Gasteiger partial charge in [0.15, 0.2) is 5.75 Å². The molecule has 7 heteroatoms. The Balaban J connectivity index is 1.67. The number of pyridine rings is 1. The van der Waals surface area contributed by atoms with Gasteiger partial charge in [-0.1, -0.05) is 0 Å². The van der Waals surface area contributed by atoms with E-state index in [0.717, 1.165) is 25.1 Å². The molecule has 2 aromatic rings. The van der Waals surface area contributed by atoms with E-state index in [4.69, 9.17) is 4.74 Å². The zero-order chi connectivity index (χ0) is 16.9. The number of aromatic nitrogens is 3. The number of hydrogen-bond donors (Lipinski definition) is 0. The second kappa shape index (κ2) is 7.25. The molecule has 0 aliphatic carbocycles. The van der Waals surface area contributed by atoms with Crippen molar-refractivity contribution in [1.82, 2.24) is 19.9 Å². The summed E-state index contributed by atoms with van der Waals surface area (Å²) in [5, 5.41) is 0. The van der Waals surface area contributed by atoms with Crippen LogP contribution in [0.1, 0.15) is 22.3 Å². The van der Waals surface area contributed by atoms with Gasteiger partial charge in [0.05, 0.1) is 25.1 Å². The molecule has 24 heavy (non-hydrogen) atoms. The number of hydrogen-bond acceptors (Lipinski definition) is 6. The zero-order valence-electron chi connectivity index (χ0n) is 14.0. The summed E-state index contributed by atoms with van der Waals surface area (Å²) in [6.07, 6.45) is 7.58. The van der Waals surface area contributed by atoms with Gasteiger partial charge in [0.1, 0.15) is 0 Å². The van der Waals surface area contributed by atoms with Gasteiger partial charge >= 0.3 is 0 Å². The van der Waals surface area contributed by atoms with Crippen LogP contribution in [0.2, 0.25) is 0 Å². The highest BCUT2D eigenvalue weighted by Crippen LogP contribution is 2.15. The number of methoxy groups -OCH3 is 1. The van der Waals surface area contributed by atoms with Gasteiger partial charge in [-0.05, 0) is 25.0 Å². The van der Waals surface area contributed by atoms with Crippen molar-refractivity contribution < 1.29 is 9.53 Å². The largest absolute Gasteiger partial charge is 0.494 e. The number of nitrogens with zero attached hydrogens (tertiary/aromatic N) is 5. The molecule has 1 amide bonds. The first kappa shape index (κ1) is 16.2. The lowest BCUT2D eigenvalue weighted by Gasteiger charge is -2.22. The van der Waals surface area contributed by atoms with E-state index in [9.17, 15) is 4.79 Å². The number of ether oxygens (including phenoxy) is 1. The summed E-state index contributed by atoms with van der Waals surface area (Å²) in [4.78, 5) is 29.4. The van der Waals surface area contributed by atoms with E-state index in [1.807, 2.05) is 17.9 Å². The standard InChI is InChI=1S/C17H21N5O2/c1-13-8-14(10-18-9-13)16(23)21-4-3-5-22(7-6-21)17-19-11-15(24-2)12-20-17/h8-12H,3-7H2,1-2H3. The van der Waals surface area contributed by atoms with Crippen LogP contribution in [0.4, 0.5) is 5.95 Å². The van der Waals surface area contributed by atoms with Crippen molar-refractivity contribution in [1.29, 1.82) is 0 Å².